The van der Waals surface area contributed by atoms with Crippen LogP contribution in [0.5, 0.6) is 0 Å². The van der Waals surface area contributed by atoms with E-state index in [0.717, 1.165) is 24.4 Å². The van der Waals surface area contributed by atoms with E-state index in [1.807, 2.05) is 0 Å². The van der Waals surface area contributed by atoms with Crippen molar-refractivity contribution in [2.24, 2.45) is 5.92 Å². The van der Waals surface area contributed by atoms with Crippen LogP contribution in [0.4, 0.5) is 5.13 Å². The predicted molar refractivity (Wildman–Crippen MR) is 102 cm³/mol. The van der Waals surface area contributed by atoms with Gasteiger partial charge in [0, 0.05) is 17.5 Å². The topological polar surface area (TPSA) is 96.0 Å². The van der Waals surface area contributed by atoms with Gasteiger partial charge in [-0.25, -0.2) is 0 Å². The van der Waals surface area contributed by atoms with E-state index in [-0.39, 0.29) is 29.3 Å². The number of anilines is 1. The molecule has 0 spiro atoms. The van der Waals surface area contributed by atoms with E-state index in [1.165, 1.54) is 30.3 Å². The van der Waals surface area contributed by atoms with Gasteiger partial charge in [-0.1, -0.05) is 51.0 Å². The molecule has 1 aliphatic carbocycles. The van der Waals surface area contributed by atoms with Gasteiger partial charge < -0.3 is 10.6 Å². The first kappa shape index (κ1) is 19.0. The maximum Gasteiger partial charge on any atom is 0.249 e. The lowest BCUT2D eigenvalue weighted by molar-refractivity contribution is -0.125. The average Bonchev–Trinajstić information content (AvgIpc) is 3.17. The van der Waals surface area contributed by atoms with Gasteiger partial charge in [-0.2, -0.15) is 0 Å². The molecule has 3 N–H and O–H groups in total. The first-order chi connectivity index (χ1) is 12.3. The second kappa shape index (κ2) is 7.84. The molecule has 1 saturated carbocycles. The smallest absolute Gasteiger partial charge is 0.249 e. The van der Waals surface area contributed by atoms with Gasteiger partial charge in [0.25, 0.3) is 0 Å². The number of nitrogens with one attached hydrogen (secondary N) is 3. The molecule has 2 amide bonds. The van der Waals surface area contributed by atoms with Crippen LogP contribution < -0.4 is 16.0 Å². The number of aromatic nitrogens is 2. The SMILES string of the molecule is CC(C)(C)c1nnc(NC(=O)/C=C/[C@H](CC2CC2)NC(=O)C2CCN2)s1. The Morgan fingerprint density at radius 1 is 1.31 bits per heavy atom. The van der Waals surface area contributed by atoms with E-state index in [2.05, 4.69) is 46.9 Å². The van der Waals surface area contributed by atoms with Crippen LogP contribution in [0.3, 0.4) is 0 Å². The zero-order chi connectivity index (χ0) is 18.7. The molecule has 0 radical (unpaired) electrons. The Kier molecular flexibility index (Phi) is 5.72. The standard InChI is InChI=1S/C18H27N5O2S/c1-18(2,3)16-22-23-17(26-16)21-14(24)7-6-12(10-11-4-5-11)20-15(25)13-8-9-19-13/h6-7,11-13,19H,4-5,8-10H2,1-3H3,(H,20,25)(H,21,23,24)/b7-6+/t12-,13?/m1/s1. The second-order valence-electron chi connectivity index (χ2n) is 8.10. The highest BCUT2D eigenvalue weighted by molar-refractivity contribution is 7.15. The van der Waals surface area contributed by atoms with Crippen LogP contribution >= 0.6 is 11.3 Å². The highest BCUT2D eigenvalue weighted by Gasteiger charge is 2.29. The highest BCUT2D eigenvalue weighted by atomic mass is 32.1. The Hall–Kier alpha value is -1.80. The molecular formula is C18H27N5O2S. The molecule has 1 unspecified atom stereocenters. The number of rotatable bonds is 7. The second-order valence-corrected chi connectivity index (χ2v) is 9.08. The van der Waals surface area contributed by atoms with Gasteiger partial charge >= 0.3 is 0 Å². The molecule has 1 aromatic rings. The Morgan fingerprint density at radius 2 is 2.04 bits per heavy atom. The third-order valence-electron chi connectivity index (χ3n) is 4.53. The van der Waals surface area contributed by atoms with Crippen molar-refractivity contribution in [1.29, 1.82) is 0 Å². The molecule has 0 aromatic carbocycles. The summed E-state index contributed by atoms with van der Waals surface area (Å²) < 4.78 is 0. The Morgan fingerprint density at radius 3 is 2.58 bits per heavy atom. The number of amides is 2. The Labute approximate surface area is 158 Å². The highest BCUT2D eigenvalue weighted by Crippen LogP contribution is 2.34. The maximum absolute atomic E-state index is 12.2. The minimum Gasteiger partial charge on any atom is -0.349 e. The number of hydrogen-bond donors (Lipinski definition) is 3. The molecule has 2 fully saturated rings. The molecule has 7 nitrogen and oxygen atoms in total. The van der Waals surface area contributed by atoms with Gasteiger partial charge in [0.2, 0.25) is 16.9 Å². The Balaban J connectivity index is 1.54. The molecule has 1 aliphatic heterocycles. The largest absolute Gasteiger partial charge is 0.349 e. The third-order valence-corrected chi connectivity index (χ3v) is 5.79. The zero-order valence-corrected chi connectivity index (χ0v) is 16.4. The van der Waals surface area contributed by atoms with Crippen molar-refractivity contribution in [2.45, 2.75) is 64.0 Å². The lowest BCUT2D eigenvalue weighted by Crippen LogP contribution is -2.54. The quantitative estimate of drug-likeness (QED) is 0.632. The third kappa shape index (κ3) is 5.35. The molecule has 2 aliphatic rings. The minimum atomic E-state index is -0.251. The minimum absolute atomic E-state index is 0.0194. The summed E-state index contributed by atoms with van der Waals surface area (Å²) in [7, 11) is 0. The van der Waals surface area contributed by atoms with E-state index in [0.29, 0.717) is 11.0 Å². The van der Waals surface area contributed by atoms with Crippen molar-refractivity contribution >= 4 is 28.3 Å². The summed E-state index contributed by atoms with van der Waals surface area (Å²) in [5, 5.41) is 18.4. The van der Waals surface area contributed by atoms with E-state index in [4.69, 9.17) is 0 Å². The molecule has 2 atom stereocenters. The van der Waals surface area contributed by atoms with Crippen molar-refractivity contribution in [2.75, 3.05) is 11.9 Å². The van der Waals surface area contributed by atoms with Crippen LogP contribution in [0.25, 0.3) is 0 Å². The molecular weight excluding hydrogens is 350 g/mol. The van der Waals surface area contributed by atoms with E-state index in [1.54, 1.807) is 6.08 Å². The average molecular weight is 378 g/mol. The first-order valence-corrected chi connectivity index (χ1v) is 10.00. The molecule has 2 heterocycles. The Bertz CT molecular complexity index is 686. The molecule has 0 bridgehead atoms. The van der Waals surface area contributed by atoms with Gasteiger partial charge in [-0.05, 0) is 25.3 Å². The number of nitrogens with zero attached hydrogens (tertiary/aromatic N) is 2. The van der Waals surface area contributed by atoms with Gasteiger partial charge in [-0.15, -0.1) is 10.2 Å². The summed E-state index contributed by atoms with van der Waals surface area (Å²) in [4.78, 5) is 24.3. The summed E-state index contributed by atoms with van der Waals surface area (Å²) in [6, 6.07) is -0.196. The van der Waals surface area contributed by atoms with Crippen molar-refractivity contribution in [3.8, 4) is 0 Å². The summed E-state index contributed by atoms with van der Waals surface area (Å²) >= 11 is 1.38. The van der Waals surface area contributed by atoms with Crippen LogP contribution in [0.1, 0.15) is 51.5 Å². The monoisotopic (exact) mass is 377 g/mol. The zero-order valence-electron chi connectivity index (χ0n) is 15.5. The maximum atomic E-state index is 12.2. The summed E-state index contributed by atoms with van der Waals surface area (Å²) in [6.45, 7) is 7.06. The van der Waals surface area contributed by atoms with Gasteiger partial charge in [0.05, 0.1) is 6.04 Å². The van der Waals surface area contributed by atoms with Crippen molar-refractivity contribution < 1.29 is 9.59 Å². The van der Waals surface area contributed by atoms with Gasteiger partial charge in [0.1, 0.15) is 5.01 Å². The number of hydrogen-bond acceptors (Lipinski definition) is 6. The summed E-state index contributed by atoms with van der Waals surface area (Å²) in [5.41, 5.74) is -0.0916. The van der Waals surface area contributed by atoms with Crippen LogP contribution in [0, 0.1) is 5.92 Å². The van der Waals surface area contributed by atoms with Crippen molar-refractivity contribution in [1.82, 2.24) is 20.8 Å². The molecule has 3 rings (SSSR count). The fourth-order valence-electron chi connectivity index (χ4n) is 2.62. The number of carbonyl (C=O) groups is 2. The van der Waals surface area contributed by atoms with Crippen molar-refractivity contribution in [3.63, 3.8) is 0 Å². The normalized spacial score (nSPS) is 21.3. The van der Waals surface area contributed by atoms with Crippen LogP contribution in [0.2, 0.25) is 0 Å². The first-order valence-electron chi connectivity index (χ1n) is 9.18. The molecule has 1 aromatic heterocycles. The van der Waals surface area contributed by atoms with Crippen LogP contribution in [-0.4, -0.2) is 40.6 Å². The molecule has 1 saturated heterocycles. The van der Waals surface area contributed by atoms with E-state index >= 15 is 0 Å². The van der Waals surface area contributed by atoms with Gasteiger partial charge in [0.15, 0.2) is 0 Å². The van der Waals surface area contributed by atoms with E-state index in [9.17, 15) is 9.59 Å². The predicted octanol–water partition coefficient (Wildman–Crippen LogP) is 1.98. The number of carbonyl (C=O) groups excluding carboxylic acids is 2. The summed E-state index contributed by atoms with van der Waals surface area (Å²) in [6.07, 6.45) is 7.44. The molecule has 26 heavy (non-hydrogen) atoms. The molecule has 8 heteroatoms. The fourth-order valence-corrected chi connectivity index (χ4v) is 3.43. The molecule has 142 valence electrons. The van der Waals surface area contributed by atoms with Crippen LogP contribution in [-0.2, 0) is 15.0 Å². The lowest BCUT2D eigenvalue weighted by Gasteiger charge is -2.28. The lowest BCUT2D eigenvalue weighted by atomic mass is 9.98. The fraction of sp³-hybridized carbons (Fsp3) is 0.667. The van der Waals surface area contributed by atoms with E-state index < -0.39 is 0 Å². The van der Waals surface area contributed by atoms with Crippen molar-refractivity contribution in [3.05, 3.63) is 17.2 Å². The van der Waals surface area contributed by atoms with Gasteiger partial charge in [-0.3, -0.25) is 14.9 Å². The summed E-state index contributed by atoms with van der Waals surface area (Å²) in [5.74, 6) is 0.421. The van der Waals surface area contributed by atoms with Crippen LogP contribution in [0.15, 0.2) is 12.2 Å².